The van der Waals surface area contributed by atoms with E-state index in [1.54, 1.807) is 0 Å². The van der Waals surface area contributed by atoms with Crippen molar-refractivity contribution < 1.29 is 4.79 Å². The van der Waals surface area contributed by atoms with Crippen molar-refractivity contribution in [2.45, 2.75) is 32.7 Å². The lowest BCUT2D eigenvalue weighted by molar-refractivity contribution is -0.131. The molecule has 1 heterocycles. The third kappa shape index (κ3) is 5.14. The maximum Gasteiger partial charge on any atom is 0.223 e. The molecule has 1 amide bonds. The predicted molar refractivity (Wildman–Crippen MR) is 61.8 cm³/mol. The molecule has 1 rings (SSSR count). The van der Waals surface area contributed by atoms with Gasteiger partial charge in [0.1, 0.15) is 0 Å². The van der Waals surface area contributed by atoms with E-state index in [2.05, 4.69) is 31.4 Å². The molecule has 4 heteroatoms. The van der Waals surface area contributed by atoms with Crippen molar-refractivity contribution in [1.29, 1.82) is 0 Å². The fourth-order valence-electron chi connectivity index (χ4n) is 1.62. The van der Waals surface area contributed by atoms with E-state index in [4.69, 9.17) is 0 Å². The highest BCUT2D eigenvalue weighted by Crippen LogP contribution is 2.00. The van der Waals surface area contributed by atoms with Crippen LogP contribution in [0.25, 0.3) is 0 Å². The molecule has 15 heavy (non-hydrogen) atoms. The van der Waals surface area contributed by atoms with Gasteiger partial charge in [-0.3, -0.25) is 4.79 Å². The monoisotopic (exact) mass is 213 g/mol. The highest BCUT2D eigenvalue weighted by Gasteiger charge is 2.16. The highest BCUT2D eigenvalue weighted by molar-refractivity contribution is 5.76. The van der Waals surface area contributed by atoms with E-state index in [0.717, 1.165) is 32.7 Å². The Morgan fingerprint density at radius 2 is 1.93 bits per heavy atom. The van der Waals surface area contributed by atoms with E-state index in [0.29, 0.717) is 6.42 Å². The molecule has 1 aliphatic heterocycles. The van der Waals surface area contributed by atoms with Crippen LogP contribution in [0.5, 0.6) is 0 Å². The van der Waals surface area contributed by atoms with Crippen molar-refractivity contribution in [2.24, 2.45) is 0 Å². The molecule has 2 N–H and O–H groups in total. The van der Waals surface area contributed by atoms with Gasteiger partial charge in [0.25, 0.3) is 0 Å². The van der Waals surface area contributed by atoms with Gasteiger partial charge in [0.2, 0.25) is 5.91 Å². The van der Waals surface area contributed by atoms with Crippen LogP contribution in [0, 0.1) is 0 Å². The number of hydrogen-bond donors (Lipinski definition) is 2. The standard InChI is InChI=1S/C11H23N3O/c1-11(2,3)13-5-4-10(15)14-8-6-12-7-9-14/h12-13H,4-9H2,1-3H3. The minimum atomic E-state index is 0.101. The zero-order chi connectivity index (χ0) is 11.3. The summed E-state index contributed by atoms with van der Waals surface area (Å²) in [6, 6.07) is 0. The molecule has 0 aliphatic carbocycles. The first-order valence-corrected chi connectivity index (χ1v) is 5.72. The minimum Gasteiger partial charge on any atom is -0.340 e. The summed E-state index contributed by atoms with van der Waals surface area (Å²) < 4.78 is 0. The molecule has 1 fully saturated rings. The molecule has 0 bridgehead atoms. The van der Waals surface area contributed by atoms with Crippen LogP contribution in [0.1, 0.15) is 27.2 Å². The molecule has 0 aromatic rings. The second-order valence-electron chi connectivity index (χ2n) is 5.06. The molecule has 0 radical (unpaired) electrons. The Morgan fingerprint density at radius 3 is 2.47 bits per heavy atom. The summed E-state index contributed by atoms with van der Waals surface area (Å²) in [5.41, 5.74) is 0.101. The van der Waals surface area contributed by atoms with E-state index in [1.165, 1.54) is 0 Å². The zero-order valence-corrected chi connectivity index (χ0v) is 10.1. The van der Waals surface area contributed by atoms with Crippen LogP contribution in [-0.2, 0) is 4.79 Å². The Hall–Kier alpha value is -0.610. The number of amides is 1. The molecule has 0 aromatic carbocycles. The van der Waals surface area contributed by atoms with Gasteiger partial charge in [-0.1, -0.05) is 0 Å². The number of nitrogens with zero attached hydrogens (tertiary/aromatic N) is 1. The first-order chi connectivity index (χ1) is 6.99. The second kappa shape index (κ2) is 5.47. The van der Waals surface area contributed by atoms with Crippen LogP contribution in [0.2, 0.25) is 0 Å². The number of carbonyl (C=O) groups is 1. The Labute approximate surface area is 92.4 Å². The maximum atomic E-state index is 11.7. The predicted octanol–water partition coefficient (Wildman–Crippen LogP) is 0.196. The average Bonchev–Trinajstić information content (AvgIpc) is 2.17. The van der Waals surface area contributed by atoms with Gasteiger partial charge in [0, 0.05) is 44.7 Å². The summed E-state index contributed by atoms with van der Waals surface area (Å²) in [6.07, 6.45) is 0.608. The Bertz CT molecular complexity index is 204. The van der Waals surface area contributed by atoms with Crippen LogP contribution in [0.3, 0.4) is 0 Å². The van der Waals surface area contributed by atoms with Gasteiger partial charge in [-0.15, -0.1) is 0 Å². The van der Waals surface area contributed by atoms with Crippen LogP contribution >= 0.6 is 0 Å². The molecule has 1 aliphatic rings. The Morgan fingerprint density at radius 1 is 1.33 bits per heavy atom. The molecule has 88 valence electrons. The third-order valence-electron chi connectivity index (χ3n) is 2.46. The normalized spacial score (nSPS) is 17.9. The highest BCUT2D eigenvalue weighted by atomic mass is 16.2. The van der Waals surface area contributed by atoms with Gasteiger partial charge in [0.05, 0.1) is 0 Å². The number of nitrogens with one attached hydrogen (secondary N) is 2. The maximum absolute atomic E-state index is 11.7. The smallest absolute Gasteiger partial charge is 0.223 e. The van der Waals surface area contributed by atoms with Crippen molar-refractivity contribution in [2.75, 3.05) is 32.7 Å². The Balaban J connectivity index is 2.17. The summed E-state index contributed by atoms with van der Waals surface area (Å²) >= 11 is 0. The van der Waals surface area contributed by atoms with Gasteiger partial charge in [-0.25, -0.2) is 0 Å². The molecule has 0 spiro atoms. The van der Waals surface area contributed by atoms with Crippen molar-refractivity contribution in [3.05, 3.63) is 0 Å². The van der Waals surface area contributed by atoms with Crippen LogP contribution in [-0.4, -0.2) is 49.1 Å². The summed E-state index contributed by atoms with van der Waals surface area (Å²) in [4.78, 5) is 13.7. The SMILES string of the molecule is CC(C)(C)NCCC(=O)N1CCNCC1. The lowest BCUT2D eigenvalue weighted by Crippen LogP contribution is -2.47. The van der Waals surface area contributed by atoms with Crippen molar-refractivity contribution in [3.8, 4) is 0 Å². The van der Waals surface area contributed by atoms with Crippen LogP contribution < -0.4 is 10.6 Å². The summed E-state index contributed by atoms with van der Waals surface area (Å²) in [7, 11) is 0. The van der Waals surface area contributed by atoms with E-state index in [-0.39, 0.29) is 11.4 Å². The van der Waals surface area contributed by atoms with Gasteiger partial charge >= 0.3 is 0 Å². The van der Waals surface area contributed by atoms with E-state index in [1.807, 2.05) is 4.90 Å². The summed E-state index contributed by atoms with van der Waals surface area (Å²) in [5, 5.41) is 6.57. The summed E-state index contributed by atoms with van der Waals surface area (Å²) in [5.74, 6) is 0.272. The number of piperazine rings is 1. The quantitative estimate of drug-likeness (QED) is 0.704. The van der Waals surface area contributed by atoms with Gasteiger partial charge in [0.15, 0.2) is 0 Å². The Kier molecular flexibility index (Phi) is 4.54. The zero-order valence-electron chi connectivity index (χ0n) is 10.1. The van der Waals surface area contributed by atoms with Crippen molar-refractivity contribution in [1.82, 2.24) is 15.5 Å². The molecule has 0 aromatic heterocycles. The summed E-state index contributed by atoms with van der Waals surface area (Å²) in [6.45, 7) is 10.7. The minimum absolute atomic E-state index is 0.101. The molecule has 1 saturated heterocycles. The molecule has 0 atom stereocenters. The number of rotatable bonds is 3. The molecule has 4 nitrogen and oxygen atoms in total. The van der Waals surface area contributed by atoms with Gasteiger partial charge in [-0.2, -0.15) is 0 Å². The first kappa shape index (κ1) is 12.5. The van der Waals surface area contributed by atoms with Crippen molar-refractivity contribution >= 4 is 5.91 Å². The van der Waals surface area contributed by atoms with E-state index < -0.39 is 0 Å². The van der Waals surface area contributed by atoms with E-state index >= 15 is 0 Å². The van der Waals surface area contributed by atoms with E-state index in [9.17, 15) is 4.79 Å². The first-order valence-electron chi connectivity index (χ1n) is 5.72. The largest absolute Gasteiger partial charge is 0.340 e. The number of hydrogen-bond acceptors (Lipinski definition) is 3. The fourth-order valence-corrected chi connectivity index (χ4v) is 1.62. The molecular formula is C11H23N3O. The van der Waals surface area contributed by atoms with Crippen LogP contribution in [0.4, 0.5) is 0 Å². The topological polar surface area (TPSA) is 44.4 Å². The van der Waals surface area contributed by atoms with Crippen molar-refractivity contribution in [3.63, 3.8) is 0 Å². The lowest BCUT2D eigenvalue weighted by atomic mass is 10.1. The third-order valence-corrected chi connectivity index (χ3v) is 2.46. The van der Waals surface area contributed by atoms with Crippen LogP contribution in [0.15, 0.2) is 0 Å². The molecular weight excluding hydrogens is 190 g/mol. The number of carbonyl (C=O) groups excluding carboxylic acids is 1. The van der Waals surface area contributed by atoms with Gasteiger partial charge in [-0.05, 0) is 20.8 Å². The fraction of sp³-hybridized carbons (Fsp3) is 0.909. The molecule has 0 saturated carbocycles. The average molecular weight is 213 g/mol. The van der Waals surface area contributed by atoms with Gasteiger partial charge < -0.3 is 15.5 Å². The second-order valence-corrected chi connectivity index (χ2v) is 5.06. The molecule has 0 unspecified atom stereocenters. The lowest BCUT2D eigenvalue weighted by Gasteiger charge is -2.28.